The van der Waals surface area contributed by atoms with Crippen LogP contribution in [0.25, 0.3) is 0 Å². The number of hydrogen-bond acceptors (Lipinski definition) is 14. The molecule has 4 atom stereocenters. The molecule has 0 bridgehead atoms. The number of aliphatic hydroxyl groups is 5. The molecule has 251 valence electrons. The molecule has 0 saturated carbocycles. The van der Waals surface area contributed by atoms with Crippen molar-refractivity contribution in [3.05, 3.63) is 64.1 Å². The van der Waals surface area contributed by atoms with E-state index in [0.29, 0.717) is 34.0 Å². The summed E-state index contributed by atoms with van der Waals surface area (Å²) in [5.74, 6) is -1.01. The summed E-state index contributed by atoms with van der Waals surface area (Å²) < 4.78 is 15.5. The first-order valence-corrected chi connectivity index (χ1v) is 14.9. The minimum Gasteiger partial charge on any atom is -0.479 e. The molecule has 20 heteroatoms. The Morgan fingerprint density at radius 1 is 1.13 bits per heavy atom. The van der Waals surface area contributed by atoms with Gasteiger partial charge in [-0.05, 0) is 25.6 Å². The monoisotopic (exact) mass is 717 g/mol. The van der Waals surface area contributed by atoms with Crippen molar-refractivity contribution in [2.45, 2.75) is 51.2 Å². The van der Waals surface area contributed by atoms with Crippen LogP contribution >= 0.6 is 19.6 Å². The molecule has 0 unspecified atom stereocenters. The van der Waals surface area contributed by atoms with E-state index in [0.717, 1.165) is 11.8 Å². The Hall–Kier alpha value is -2.77. The largest absolute Gasteiger partial charge is 0.479 e. The second-order valence-electron chi connectivity index (χ2n) is 8.91. The zero-order chi connectivity index (χ0) is 33.6. The van der Waals surface area contributed by atoms with Gasteiger partial charge in [0, 0.05) is 51.4 Å². The maximum Gasteiger partial charge on any atom is 0.469 e. The number of aliphatic hydroxyl groups excluding tert-OH is 5. The fourth-order valence-corrected chi connectivity index (χ4v) is 4.45. The predicted octanol–water partition coefficient (Wildman–Crippen LogP) is -0.865. The molecule has 1 amide bonds. The van der Waals surface area contributed by atoms with Crippen LogP contribution in [0, 0.1) is 6.92 Å². The number of anilines is 1. The van der Waals surface area contributed by atoms with Gasteiger partial charge in [-0.25, -0.2) is 19.3 Å². The quantitative estimate of drug-likeness (QED) is 0.0615. The summed E-state index contributed by atoms with van der Waals surface area (Å²) >= 11 is 0.862. The van der Waals surface area contributed by atoms with Crippen molar-refractivity contribution in [2.24, 2.45) is 0 Å². The van der Waals surface area contributed by atoms with Crippen LogP contribution in [0.2, 0.25) is 0 Å². The molecule has 1 radical (unpaired) electrons. The van der Waals surface area contributed by atoms with Gasteiger partial charge >= 0.3 is 13.8 Å². The maximum absolute atomic E-state index is 12.7. The molecule has 0 spiro atoms. The third-order valence-electron chi connectivity index (χ3n) is 5.64. The first-order chi connectivity index (χ1) is 20.5. The number of nitrogens with zero attached hydrogens (tertiary/aromatic N) is 3. The fourth-order valence-electron chi connectivity index (χ4n) is 3.19. The second kappa shape index (κ2) is 20.4. The number of phosphoric acid groups is 1. The van der Waals surface area contributed by atoms with Crippen LogP contribution in [0.3, 0.4) is 0 Å². The molecule has 0 fully saturated rings. The molecule has 2 rings (SSSR count). The van der Waals surface area contributed by atoms with Crippen molar-refractivity contribution in [1.29, 1.82) is 0 Å². The van der Waals surface area contributed by atoms with Gasteiger partial charge < -0.3 is 51.1 Å². The summed E-state index contributed by atoms with van der Waals surface area (Å²) in [6.45, 7) is 2.19. The van der Waals surface area contributed by atoms with E-state index < -0.39 is 44.8 Å². The Bertz CT molecular complexity index is 1340. The molecular weight excluding hydrogens is 682 g/mol. The third kappa shape index (κ3) is 14.9. The van der Waals surface area contributed by atoms with Crippen molar-refractivity contribution in [3.8, 4) is 0 Å². The van der Waals surface area contributed by atoms with E-state index >= 15 is 0 Å². The van der Waals surface area contributed by atoms with Gasteiger partial charge in [-0.2, -0.15) is 0 Å². The van der Waals surface area contributed by atoms with Gasteiger partial charge in [-0.15, -0.1) is 0 Å². The molecule has 1 heterocycles. The zero-order valence-corrected chi connectivity index (χ0v) is 26.8. The van der Waals surface area contributed by atoms with Crippen LogP contribution in [-0.4, -0.2) is 110 Å². The number of aromatic nitrogens is 2. The number of rotatable bonds is 15. The number of aliphatic carboxylic acids is 1. The van der Waals surface area contributed by atoms with Crippen molar-refractivity contribution in [3.63, 3.8) is 0 Å². The summed E-state index contributed by atoms with van der Waals surface area (Å²) in [7, 11) is -4.67. The summed E-state index contributed by atoms with van der Waals surface area (Å²) in [5, 5.41) is 51.5. The summed E-state index contributed by atoms with van der Waals surface area (Å²) in [5.41, 5.74) is 7.29. The van der Waals surface area contributed by atoms with Crippen molar-refractivity contribution < 1.29 is 81.0 Å². The fraction of sp³-hybridized carbons (Fsp3) is 0.400. The Balaban J connectivity index is 0.00000117. The van der Waals surface area contributed by atoms with E-state index in [-0.39, 0.29) is 47.6 Å². The van der Waals surface area contributed by atoms with E-state index in [1.165, 1.54) is 11.1 Å². The van der Waals surface area contributed by atoms with Crippen LogP contribution in [0.4, 0.5) is 5.82 Å². The molecule has 0 aliphatic rings. The summed E-state index contributed by atoms with van der Waals surface area (Å²) in [4.78, 5) is 62.3. The molecule has 2 aromatic rings. The zero-order valence-electron chi connectivity index (χ0n) is 24.0. The number of allylic oxidation sites excluding steroid dienone is 1. The minimum atomic E-state index is -4.67. The Kier molecular flexibility index (Phi) is 19.1. The van der Waals surface area contributed by atoms with E-state index in [1.807, 2.05) is 0 Å². The number of carboxylic acids is 1. The Labute approximate surface area is 272 Å². The SMILES string of the molecule is C/C(=C(\CCOP(=O)(O)O)SC(=O)c1ccccc1)N(C=O)Cc1cnc(C)nc1N.O=C(O)[C@H](O)[C@@H](O)[C@H](O)[C@H](O)CO.[Mn]. The smallest absolute Gasteiger partial charge is 0.469 e. The Morgan fingerprint density at radius 2 is 1.73 bits per heavy atom. The van der Waals surface area contributed by atoms with Crippen molar-refractivity contribution >= 4 is 42.9 Å². The van der Waals surface area contributed by atoms with Crippen LogP contribution in [0.15, 0.2) is 47.1 Å². The number of carboxylic acid groups (broad SMARTS) is 1. The van der Waals surface area contributed by atoms with Gasteiger partial charge in [-0.1, -0.05) is 30.3 Å². The molecule has 1 aromatic heterocycles. The number of aryl methyl sites for hydroxylation is 1. The molecular formula is C25H35MnN4O13PS. The minimum absolute atomic E-state index is 0. The van der Waals surface area contributed by atoms with Crippen LogP contribution in [-0.2, 0) is 42.3 Å². The number of amides is 1. The molecule has 0 saturated heterocycles. The maximum atomic E-state index is 12.7. The average molecular weight is 718 g/mol. The first-order valence-electron chi connectivity index (χ1n) is 12.5. The number of carbonyl (C=O) groups is 3. The van der Waals surface area contributed by atoms with Crippen molar-refractivity contribution in [1.82, 2.24) is 14.9 Å². The number of benzene rings is 1. The molecule has 17 nitrogen and oxygen atoms in total. The molecule has 0 aliphatic carbocycles. The van der Waals surface area contributed by atoms with Crippen LogP contribution in [0.5, 0.6) is 0 Å². The second-order valence-corrected chi connectivity index (χ2v) is 11.2. The third-order valence-corrected chi connectivity index (χ3v) is 7.33. The number of thioether (sulfide) groups is 1. The van der Waals surface area contributed by atoms with Gasteiger partial charge in [0.2, 0.25) is 11.5 Å². The van der Waals surface area contributed by atoms with Gasteiger partial charge in [0.1, 0.15) is 30.0 Å². The number of phosphoric ester groups is 1. The van der Waals surface area contributed by atoms with E-state index in [4.69, 9.17) is 46.2 Å². The summed E-state index contributed by atoms with van der Waals surface area (Å²) in [6, 6.07) is 8.52. The normalized spacial score (nSPS) is 14.3. The van der Waals surface area contributed by atoms with E-state index in [1.54, 1.807) is 44.2 Å². The van der Waals surface area contributed by atoms with E-state index in [2.05, 4.69) is 14.5 Å². The van der Waals surface area contributed by atoms with Crippen molar-refractivity contribution in [2.75, 3.05) is 18.9 Å². The van der Waals surface area contributed by atoms with Crippen LogP contribution in [0.1, 0.15) is 35.1 Å². The number of nitrogen functional groups attached to an aromatic ring is 1. The predicted molar refractivity (Wildman–Crippen MR) is 155 cm³/mol. The molecule has 1 aromatic carbocycles. The van der Waals surface area contributed by atoms with Crippen LogP contribution < -0.4 is 5.73 Å². The standard InChI is InChI=1S/C19H23N4O6PS.C6H12O7.Mn/c1-13(23(12-24)11-16-10-21-14(2)22-18(16)20)17(8-9-29-30(26,27)28)31-19(25)15-6-4-3-5-7-15;7-1-2(8)3(9)4(10)5(11)6(12)13;/h3-7,10,12H,8-9,11H2,1-2H3,(H2,20,21,22)(H2,26,27,28);2-5,7-11H,1H2,(H,12,13);/b17-13-;;/t;2-,3-,4+,5-;/m.1./s1. The number of nitrogens with two attached hydrogens (primary N) is 1. The number of hydrogen-bond donors (Lipinski definition) is 9. The first kappa shape index (κ1) is 42.2. The molecule has 45 heavy (non-hydrogen) atoms. The van der Waals surface area contributed by atoms with Gasteiger partial charge in [0.05, 0.1) is 19.8 Å². The van der Waals surface area contributed by atoms with Gasteiger partial charge in [0.15, 0.2) is 6.10 Å². The molecule has 10 N–H and O–H groups in total. The summed E-state index contributed by atoms with van der Waals surface area (Å²) in [6.07, 6.45) is -5.74. The topological polar surface area (TPSA) is 294 Å². The number of carbonyl (C=O) groups excluding carboxylic acids is 2. The Morgan fingerprint density at radius 3 is 2.22 bits per heavy atom. The average Bonchev–Trinajstić information content (AvgIpc) is 2.98. The molecule has 0 aliphatic heterocycles. The van der Waals surface area contributed by atoms with Gasteiger partial charge in [0.25, 0.3) is 0 Å². The van der Waals surface area contributed by atoms with Gasteiger partial charge in [-0.3, -0.25) is 14.1 Å². The van der Waals surface area contributed by atoms with E-state index in [9.17, 15) is 18.9 Å².